The molecule has 0 saturated heterocycles. The predicted octanol–water partition coefficient (Wildman–Crippen LogP) is -0.710. The average Bonchev–Trinajstić information content (AvgIpc) is 2.98. The molecule has 27 heavy (non-hydrogen) atoms. The van der Waals surface area contributed by atoms with Crippen LogP contribution in [0, 0.1) is 0 Å². The van der Waals surface area contributed by atoms with Gasteiger partial charge in [0.1, 0.15) is 0 Å². The van der Waals surface area contributed by atoms with Crippen LogP contribution in [0.25, 0.3) is 5.69 Å². The van der Waals surface area contributed by atoms with E-state index in [-0.39, 0.29) is 35.9 Å². The standard InChI is InChI=1S/C15H17F3N4O3S.Na.H/c1-3-4-12-9-14(15(16,17)18)20-22(12)11-5-7-13(8-6-11)26(24,25)21-19-10(2)23;;/h5-9,21H,3-4H2,1-2H3,(H,19,23);;/q;+1;-1. The number of amides is 1. The zero-order valence-corrected chi connectivity index (χ0v) is 17.8. The summed E-state index contributed by atoms with van der Waals surface area (Å²) >= 11 is 0. The molecule has 2 aromatic rings. The van der Waals surface area contributed by atoms with Gasteiger partial charge in [0.05, 0.1) is 10.6 Å². The number of sulfonamides is 1. The number of rotatable bonds is 6. The Morgan fingerprint density at radius 2 is 1.85 bits per heavy atom. The van der Waals surface area contributed by atoms with E-state index in [0.29, 0.717) is 24.2 Å². The molecule has 0 bridgehead atoms. The van der Waals surface area contributed by atoms with E-state index in [4.69, 9.17) is 0 Å². The monoisotopic (exact) mass is 414 g/mol. The van der Waals surface area contributed by atoms with Gasteiger partial charge in [-0.2, -0.15) is 18.3 Å². The summed E-state index contributed by atoms with van der Waals surface area (Å²) in [7, 11) is -3.98. The van der Waals surface area contributed by atoms with Crippen molar-refractivity contribution >= 4 is 15.9 Å². The number of hydrogen-bond acceptors (Lipinski definition) is 4. The van der Waals surface area contributed by atoms with Crippen LogP contribution in [0.5, 0.6) is 0 Å². The van der Waals surface area contributed by atoms with Gasteiger partial charge >= 0.3 is 35.7 Å². The summed E-state index contributed by atoms with van der Waals surface area (Å²) in [5.41, 5.74) is 1.61. The molecule has 0 aliphatic heterocycles. The van der Waals surface area contributed by atoms with Gasteiger partial charge in [-0.15, -0.1) is 4.83 Å². The molecule has 7 nitrogen and oxygen atoms in total. The van der Waals surface area contributed by atoms with Crippen LogP contribution in [0.3, 0.4) is 0 Å². The summed E-state index contributed by atoms with van der Waals surface area (Å²) in [4.78, 5) is 12.5. The second-order valence-electron chi connectivity index (χ2n) is 5.46. The zero-order valence-electron chi connectivity index (χ0n) is 16.0. The zero-order chi connectivity index (χ0) is 19.5. The van der Waals surface area contributed by atoms with Crippen molar-refractivity contribution in [1.29, 1.82) is 0 Å². The molecule has 0 fully saturated rings. The van der Waals surface area contributed by atoms with E-state index < -0.39 is 27.8 Å². The van der Waals surface area contributed by atoms with E-state index in [1.165, 1.54) is 24.3 Å². The van der Waals surface area contributed by atoms with E-state index in [2.05, 4.69) is 5.10 Å². The molecule has 1 aromatic carbocycles. The number of hydrazine groups is 1. The molecule has 0 aliphatic rings. The Morgan fingerprint density at radius 3 is 2.33 bits per heavy atom. The molecule has 2 rings (SSSR count). The van der Waals surface area contributed by atoms with E-state index in [1.54, 1.807) is 0 Å². The molecule has 12 heteroatoms. The van der Waals surface area contributed by atoms with Crippen molar-refractivity contribution in [2.45, 2.75) is 37.8 Å². The molecule has 1 heterocycles. The predicted molar refractivity (Wildman–Crippen MR) is 87.8 cm³/mol. The molecule has 0 atom stereocenters. The third kappa shape index (κ3) is 6.04. The van der Waals surface area contributed by atoms with Crippen molar-refractivity contribution in [2.24, 2.45) is 0 Å². The average molecular weight is 414 g/mol. The van der Waals surface area contributed by atoms with Crippen molar-refractivity contribution in [1.82, 2.24) is 20.0 Å². The van der Waals surface area contributed by atoms with Gasteiger partial charge in [0, 0.05) is 12.6 Å². The van der Waals surface area contributed by atoms with Crippen molar-refractivity contribution in [3.8, 4) is 5.69 Å². The minimum Gasteiger partial charge on any atom is -1.00 e. The summed E-state index contributed by atoms with van der Waals surface area (Å²) in [5, 5.41) is 3.59. The molecule has 1 amide bonds. The number of halogens is 3. The van der Waals surface area contributed by atoms with Crippen LogP contribution in [0.1, 0.15) is 33.1 Å². The number of alkyl halides is 3. The van der Waals surface area contributed by atoms with Gasteiger partial charge in [0.15, 0.2) is 5.69 Å². The van der Waals surface area contributed by atoms with Crippen LogP contribution >= 0.6 is 0 Å². The fraction of sp³-hybridized carbons (Fsp3) is 0.333. The van der Waals surface area contributed by atoms with Crippen LogP contribution < -0.4 is 39.8 Å². The summed E-state index contributed by atoms with van der Waals surface area (Å²) in [6.45, 7) is 2.96. The first kappa shape index (κ1) is 23.6. The smallest absolute Gasteiger partial charge is 1.00 e. The first-order valence-corrected chi connectivity index (χ1v) is 9.08. The van der Waals surface area contributed by atoms with Gasteiger partial charge in [-0.1, -0.05) is 13.3 Å². The largest absolute Gasteiger partial charge is 1.00 e. The first-order chi connectivity index (χ1) is 12.0. The van der Waals surface area contributed by atoms with Crippen LogP contribution in [0.2, 0.25) is 0 Å². The van der Waals surface area contributed by atoms with Crippen molar-refractivity contribution in [3.05, 3.63) is 41.7 Å². The van der Waals surface area contributed by atoms with E-state index in [0.717, 1.165) is 17.7 Å². The molecule has 1 aromatic heterocycles. The van der Waals surface area contributed by atoms with Gasteiger partial charge in [0.2, 0.25) is 5.91 Å². The van der Waals surface area contributed by atoms with Gasteiger partial charge in [-0.3, -0.25) is 10.2 Å². The maximum Gasteiger partial charge on any atom is 1.00 e. The number of carbonyl (C=O) groups is 1. The molecular weight excluding hydrogens is 396 g/mol. The number of aromatic nitrogens is 2. The molecule has 144 valence electrons. The Labute approximate surface area is 178 Å². The van der Waals surface area contributed by atoms with E-state index in [1.807, 2.05) is 17.2 Å². The molecule has 0 unspecified atom stereocenters. The van der Waals surface area contributed by atoms with Crippen LogP contribution in [0.4, 0.5) is 13.2 Å². The Bertz CT molecular complexity index is 902. The molecule has 0 aliphatic carbocycles. The van der Waals surface area contributed by atoms with Gasteiger partial charge < -0.3 is 1.43 Å². The normalized spacial score (nSPS) is 11.7. The molecular formula is C15H18F3N4NaO3S. The quantitative estimate of drug-likeness (QED) is 0.483. The van der Waals surface area contributed by atoms with Crippen LogP contribution in [-0.2, 0) is 27.4 Å². The number of hydrogen-bond donors (Lipinski definition) is 2. The number of benzene rings is 1. The second-order valence-corrected chi connectivity index (χ2v) is 7.14. The Kier molecular flexibility index (Phi) is 8.05. The number of nitrogens with zero attached hydrogens (tertiary/aromatic N) is 2. The van der Waals surface area contributed by atoms with E-state index in [9.17, 15) is 26.4 Å². The van der Waals surface area contributed by atoms with Crippen LogP contribution in [-0.4, -0.2) is 24.1 Å². The summed E-state index contributed by atoms with van der Waals surface area (Å²) in [6, 6.07) is 6.09. The Balaban J connectivity index is 0.00000364. The molecule has 0 spiro atoms. The van der Waals surface area contributed by atoms with Crippen molar-refractivity contribution in [3.63, 3.8) is 0 Å². The third-order valence-corrected chi connectivity index (χ3v) is 4.60. The topological polar surface area (TPSA) is 93.1 Å². The second kappa shape index (κ2) is 9.20. The Hall–Kier alpha value is -1.40. The maximum atomic E-state index is 12.9. The van der Waals surface area contributed by atoms with Gasteiger partial charge in [-0.05, 0) is 36.8 Å². The first-order valence-electron chi connectivity index (χ1n) is 7.59. The minimum absolute atomic E-state index is 0. The molecule has 2 N–H and O–H groups in total. The maximum absolute atomic E-state index is 12.9. The third-order valence-electron chi connectivity index (χ3n) is 3.33. The number of carbonyl (C=O) groups excluding carboxylic acids is 1. The molecule has 0 radical (unpaired) electrons. The number of nitrogens with one attached hydrogen (secondary N) is 2. The fourth-order valence-electron chi connectivity index (χ4n) is 2.18. The SMILES string of the molecule is CCCc1cc(C(F)(F)F)nn1-c1ccc(S(=O)(=O)NNC(C)=O)cc1.[H-].[Na+]. The summed E-state index contributed by atoms with van der Waals surface area (Å²) < 4.78 is 63.9. The van der Waals surface area contributed by atoms with Gasteiger partial charge in [-0.25, -0.2) is 13.1 Å². The fourth-order valence-corrected chi connectivity index (χ4v) is 3.07. The van der Waals surface area contributed by atoms with Gasteiger partial charge in [0.25, 0.3) is 10.0 Å². The van der Waals surface area contributed by atoms with Crippen molar-refractivity contribution < 1.29 is 57.4 Å². The number of aryl methyl sites for hydroxylation is 1. The van der Waals surface area contributed by atoms with E-state index >= 15 is 0 Å². The van der Waals surface area contributed by atoms with Crippen LogP contribution in [0.15, 0.2) is 35.2 Å². The molecule has 0 saturated carbocycles. The Morgan fingerprint density at radius 1 is 1.26 bits per heavy atom. The summed E-state index contributed by atoms with van der Waals surface area (Å²) in [5.74, 6) is -0.592. The minimum atomic E-state index is -4.57. The summed E-state index contributed by atoms with van der Waals surface area (Å²) in [6.07, 6.45) is -3.57. The van der Waals surface area contributed by atoms with Crippen molar-refractivity contribution in [2.75, 3.05) is 0 Å².